The number of allylic oxidation sites excluding steroid dienone is 15. The van der Waals surface area contributed by atoms with E-state index in [1.807, 2.05) is 44.2 Å². The number of nitrogens with zero attached hydrogens (tertiary/aromatic N) is 1. The van der Waals surface area contributed by atoms with Crippen molar-refractivity contribution < 1.29 is 88.0 Å². The lowest BCUT2D eigenvalue weighted by Gasteiger charge is -2.25. The normalized spacial score (nSPS) is 18.8. The molecule has 1 amide bonds. The smallest absolute Gasteiger partial charge is 0.397 e. The van der Waals surface area contributed by atoms with E-state index in [-0.39, 0.29) is 94.3 Å². The number of nitrogens with one attached hydrogen (secondary N) is 1. The molecule has 0 heterocycles. The highest BCUT2D eigenvalue weighted by Crippen LogP contribution is 2.22. The molecule has 1 aromatic carbocycles. The molecule has 510 valence electrons. The molecular formula is C68H104N4O18S. The second kappa shape index (κ2) is 48.6. The van der Waals surface area contributed by atoms with Crippen molar-refractivity contribution in [2.24, 2.45) is 34.2 Å². The van der Waals surface area contributed by atoms with Crippen LogP contribution in [0.4, 0.5) is 0 Å². The van der Waals surface area contributed by atoms with Crippen LogP contribution >= 0.6 is 0 Å². The summed E-state index contributed by atoms with van der Waals surface area (Å²) in [6.45, 7) is 7.26. The summed E-state index contributed by atoms with van der Waals surface area (Å²) in [5.74, 6) is -2.89. The number of phenols is 1. The van der Waals surface area contributed by atoms with Crippen LogP contribution in [0, 0.1) is 17.8 Å². The number of unbranched alkanes of at least 4 members (excludes halogenated alkanes) is 1. The van der Waals surface area contributed by atoms with E-state index in [4.69, 9.17) is 15.7 Å². The van der Waals surface area contributed by atoms with Crippen LogP contribution in [-0.4, -0.2) is 172 Å². The fourth-order valence-electron chi connectivity index (χ4n) is 8.92. The van der Waals surface area contributed by atoms with Crippen LogP contribution in [0.15, 0.2) is 175 Å². The Morgan fingerprint density at radius 1 is 0.582 bits per heavy atom. The summed E-state index contributed by atoms with van der Waals surface area (Å²) in [6.07, 6.45) is 29.9. The third-order valence-electron chi connectivity index (χ3n) is 14.2. The number of aliphatic hydroxyl groups is 11. The molecule has 91 heavy (non-hydrogen) atoms. The number of rotatable bonds is 47. The number of aliphatic hydroxyl groups excluding tert-OH is 11. The lowest BCUT2D eigenvalue weighted by molar-refractivity contribution is -0.127. The van der Waals surface area contributed by atoms with E-state index < -0.39 is 114 Å². The monoisotopic (exact) mass is 1300 g/mol. The van der Waals surface area contributed by atoms with E-state index in [0.717, 1.165) is 12.8 Å². The number of amides is 1. The molecule has 0 radical (unpaired) electrons. The molecule has 23 heteroatoms. The highest BCUT2D eigenvalue weighted by molar-refractivity contribution is 7.80. The van der Waals surface area contributed by atoms with Gasteiger partial charge in [-0.3, -0.25) is 24.5 Å². The second-order valence-electron chi connectivity index (χ2n) is 22.5. The van der Waals surface area contributed by atoms with Crippen molar-refractivity contribution in [1.29, 1.82) is 0 Å². The van der Waals surface area contributed by atoms with Crippen LogP contribution in [0.5, 0.6) is 5.75 Å². The molecule has 0 bridgehead atoms. The van der Waals surface area contributed by atoms with Crippen LogP contribution in [0.1, 0.15) is 129 Å². The lowest BCUT2D eigenvalue weighted by Crippen LogP contribution is -2.42. The van der Waals surface area contributed by atoms with Crippen LogP contribution in [-0.2, 0) is 24.2 Å². The summed E-state index contributed by atoms with van der Waals surface area (Å²) in [7, 11) is -4.96. The van der Waals surface area contributed by atoms with Gasteiger partial charge in [-0.05, 0) is 88.8 Å². The van der Waals surface area contributed by atoms with E-state index in [1.165, 1.54) is 67.6 Å². The molecule has 0 spiro atoms. The standard InChI is InChI=1S/C68H104N4O18S/c1-5-6-7-8-14-17-20-27-48(2)66(85)50(4)62(83)35-21-18-15-12-10-9-11-13-16-19-22-36-64(90-91(87,88)89)49(3)63(84)47-61(82)46-58(79)33-25-32-57(78)45-60(81)44-56(77)31-24-30-54(75)42-53(74)28-23-29-55(76)43-59(80)34-26-41-71-68(70)72-67(86)65(69)51-37-39-52(73)40-38-51/h5-13,15-16,18-25,27-28,31,33,35,37-40,48-50,53-62,64-66,73-83,85H,14,17,26,29-30,32,34,36,41-47,69H2,1-4H3,(H,87,88,89)(H3,70,71,72,86). The predicted octanol–water partition coefficient (Wildman–Crippen LogP) is 5.61. The fourth-order valence-corrected chi connectivity index (χ4v) is 9.47. The van der Waals surface area contributed by atoms with Gasteiger partial charge in [-0.1, -0.05) is 179 Å². The summed E-state index contributed by atoms with van der Waals surface area (Å²) in [5.41, 5.74) is 12.2. The van der Waals surface area contributed by atoms with Crippen molar-refractivity contribution in [2.75, 3.05) is 6.54 Å². The minimum atomic E-state index is -4.96. The quantitative estimate of drug-likeness (QED) is 0.00941. The largest absolute Gasteiger partial charge is 0.508 e. The summed E-state index contributed by atoms with van der Waals surface area (Å²) >= 11 is 0. The molecule has 0 aliphatic heterocycles. The molecule has 0 aliphatic carbocycles. The van der Waals surface area contributed by atoms with Gasteiger partial charge >= 0.3 is 10.4 Å². The van der Waals surface area contributed by atoms with Crippen LogP contribution in [0.2, 0.25) is 0 Å². The number of guanidine groups is 1. The molecule has 1 aromatic rings. The first kappa shape index (κ1) is 82.9. The van der Waals surface area contributed by atoms with Gasteiger partial charge in [0.05, 0.1) is 73.2 Å². The van der Waals surface area contributed by atoms with Gasteiger partial charge in [0.25, 0.3) is 0 Å². The van der Waals surface area contributed by atoms with Crippen LogP contribution in [0.3, 0.4) is 0 Å². The Morgan fingerprint density at radius 2 is 1.07 bits per heavy atom. The second-order valence-corrected chi connectivity index (χ2v) is 23.6. The average Bonchev–Trinajstić information content (AvgIpc) is 1.50. The van der Waals surface area contributed by atoms with Crippen LogP contribution in [0.25, 0.3) is 0 Å². The van der Waals surface area contributed by atoms with Gasteiger partial charge in [-0.25, -0.2) is 4.18 Å². The molecule has 0 saturated carbocycles. The Kier molecular flexibility index (Phi) is 44.3. The maximum absolute atomic E-state index is 13.1. The van der Waals surface area contributed by atoms with Gasteiger partial charge < -0.3 is 72.7 Å². The van der Waals surface area contributed by atoms with Crippen molar-refractivity contribution in [1.82, 2.24) is 5.32 Å². The molecular weight excluding hydrogens is 1190 g/mol. The highest BCUT2D eigenvalue weighted by Gasteiger charge is 2.30. The van der Waals surface area contributed by atoms with Gasteiger partial charge in [0, 0.05) is 50.0 Å². The number of aliphatic imine (C=N–C) groups is 1. The molecule has 0 aliphatic rings. The Balaban J connectivity index is 2.43. The van der Waals surface area contributed by atoms with Crippen molar-refractivity contribution in [3.8, 4) is 5.75 Å². The Labute approximate surface area is 538 Å². The van der Waals surface area contributed by atoms with E-state index in [9.17, 15) is 83.8 Å². The number of nitrogens with two attached hydrogens (primary N) is 2. The summed E-state index contributed by atoms with van der Waals surface area (Å²) < 4.78 is 37.5. The average molecular weight is 1300 g/mol. The van der Waals surface area contributed by atoms with E-state index >= 15 is 0 Å². The number of hydrogen-bond acceptors (Lipinski definition) is 19. The number of aromatic hydroxyl groups is 1. The van der Waals surface area contributed by atoms with Crippen LogP contribution < -0.4 is 16.8 Å². The van der Waals surface area contributed by atoms with Gasteiger partial charge in [0.2, 0.25) is 5.91 Å². The minimum Gasteiger partial charge on any atom is -0.508 e. The summed E-state index contributed by atoms with van der Waals surface area (Å²) in [4.78, 5) is 29.5. The van der Waals surface area contributed by atoms with Crippen molar-refractivity contribution in [2.45, 2.75) is 197 Å². The number of benzene rings is 1. The van der Waals surface area contributed by atoms with E-state index in [0.29, 0.717) is 12.0 Å². The number of ketones is 1. The molecule has 16 atom stereocenters. The fraction of sp³-hybridized carbons (Fsp3) is 0.515. The van der Waals surface area contributed by atoms with Crippen molar-refractivity contribution in [3.05, 3.63) is 176 Å². The lowest BCUT2D eigenvalue weighted by atomic mass is 9.88. The van der Waals surface area contributed by atoms with Gasteiger partial charge in [0.1, 0.15) is 17.6 Å². The highest BCUT2D eigenvalue weighted by atomic mass is 32.3. The Hall–Kier alpha value is -6.10. The number of phenolic OH excluding ortho intramolecular Hbond substituents is 1. The van der Waals surface area contributed by atoms with Crippen molar-refractivity contribution >= 4 is 28.0 Å². The van der Waals surface area contributed by atoms with Gasteiger partial charge in [0.15, 0.2) is 5.96 Å². The molecule has 0 saturated heterocycles. The first-order valence-electron chi connectivity index (χ1n) is 30.9. The molecule has 16 unspecified atom stereocenters. The molecule has 22 nitrogen and oxygen atoms in total. The number of Topliss-reactive ketones (excluding diaryl/α,β-unsaturated/α-hetero) is 1. The third kappa shape index (κ3) is 42.6. The minimum absolute atomic E-state index is 0.00778. The molecule has 0 aromatic heterocycles. The zero-order valence-electron chi connectivity index (χ0n) is 52.9. The first-order chi connectivity index (χ1) is 43.1. The number of carbonyl (C=O) groups excluding carboxylic acids is 2. The predicted molar refractivity (Wildman–Crippen MR) is 355 cm³/mol. The van der Waals surface area contributed by atoms with E-state index in [2.05, 4.69) is 16.4 Å². The summed E-state index contributed by atoms with van der Waals surface area (Å²) in [5, 5.41) is 127. The Bertz CT molecular complexity index is 2700. The van der Waals surface area contributed by atoms with Crippen molar-refractivity contribution in [3.63, 3.8) is 0 Å². The number of carbonyl (C=O) groups is 2. The first-order valence-corrected chi connectivity index (χ1v) is 32.2. The van der Waals surface area contributed by atoms with Gasteiger partial charge in [-0.15, -0.1) is 0 Å². The summed E-state index contributed by atoms with van der Waals surface area (Å²) in [6, 6.07) is 4.79. The SMILES string of the molecule is CC=CC=CCCC=CC(C)C(O)C(C)C(O)C=CC=CC=CC=CC=CC=CCC(OS(=O)(=O)O)C(C)C(=O)CC(O)CC(O)C=CCC(O)CC(O)CC(O)C=CCC(O)CC(O)C=CCC(O)CC(O)CCCN=C(N)NC(=O)C(N)c1ccc(O)cc1. The Morgan fingerprint density at radius 3 is 1.62 bits per heavy atom. The zero-order chi connectivity index (χ0) is 68.2. The third-order valence-corrected chi connectivity index (χ3v) is 14.7. The van der Waals surface area contributed by atoms with Gasteiger partial charge in [-0.2, -0.15) is 8.42 Å². The maximum atomic E-state index is 13.1. The van der Waals surface area contributed by atoms with E-state index in [1.54, 1.807) is 79.8 Å². The molecule has 0 fully saturated rings. The topological polar surface area (TPSA) is 417 Å². The zero-order valence-corrected chi connectivity index (χ0v) is 53.7. The number of hydrogen-bond donors (Lipinski definition) is 16. The molecule has 1 rings (SSSR count). The maximum Gasteiger partial charge on any atom is 0.397 e. The molecule has 18 N–H and O–H groups in total.